The first-order chi connectivity index (χ1) is 7.32. The van der Waals surface area contributed by atoms with E-state index in [0.717, 1.165) is 0 Å². The molecule has 1 rings (SSSR count). The molecular formula is C8H12F3N3O2. The molecule has 92 valence electrons. The van der Waals surface area contributed by atoms with Crippen LogP contribution in [0.1, 0.15) is 12.8 Å². The van der Waals surface area contributed by atoms with E-state index < -0.39 is 23.5 Å². The van der Waals surface area contributed by atoms with E-state index in [1.807, 2.05) is 0 Å². The number of rotatable bonds is 3. The Kier molecular flexibility index (Phi) is 3.41. The lowest BCUT2D eigenvalue weighted by Gasteiger charge is -2.20. The van der Waals surface area contributed by atoms with Gasteiger partial charge in [0.25, 0.3) is 0 Å². The van der Waals surface area contributed by atoms with E-state index in [2.05, 4.69) is 5.32 Å². The van der Waals surface area contributed by atoms with Gasteiger partial charge in [0, 0.05) is 13.1 Å². The average Bonchev–Trinajstić information content (AvgIpc) is 2.94. The number of nitrogens with two attached hydrogens (primary N) is 1. The predicted octanol–water partition coefficient (Wildman–Crippen LogP) is -0.728. The van der Waals surface area contributed by atoms with Crippen LogP contribution in [-0.4, -0.2) is 36.6 Å². The van der Waals surface area contributed by atoms with E-state index in [9.17, 15) is 22.8 Å². The molecule has 0 atom stereocenters. The minimum atomic E-state index is -4.52. The summed E-state index contributed by atoms with van der Waals surface area (Å²) in [6.07, 6.45) is -4.89. The standard InChI is InChI=1S/C8H12F3N3O2/c9-8(10,11)7(1-2-7)14-6(16)5(15)13-4-3-12/h1-4,12H2,(H,13,15)(H,14,16). The van der Waals surface area contributed by atoms with Crippen LogP contribution in [0, 0.1) is 0 Å². The van der Waals surface area contributed by atoms with Crippen LogP contribution in [0.5, 0.6) is 0 Å². The third kappa shape index (κ3) is 2.63. The van der Waals surface area contributed by atoms with Crippen molar-refractivity contribution in [2.75, 3.05) is 13.1 Å². The molecule has 0 unspecified atom stereocenters. The Morgan fingerprint density at radius 3 is 2.19 bits per heavy atom. The van der Waals surface area contributed by atoms with Crippen molar-refractivity contribution in [1.82, 2.24) is 10.6 Å². The van der Waals surface area contributed by atoms with Crippen LogP contribution in [0.2, 0.25) is 0 Å². The van der Waals surface area contributed by atoms with Crippen molar-refractivity contribution in [2.24, 2.45) is 5.73 Å². The largest absolute Gasteiger partial charge is 0.411 e. The second-order valence-electron chi connectivity index (χ2n) is 3.58. The van der Waals surface area contributed by atoms with Gasteiger partial charge in [-0.25, -0.2) is 0 Å². The van der Waals surface area contributed by atoms with Gasteiger partial charge in [0.2, 0.25) is 0 Å². The zero-order valence-corrected chi connectivity index (χ0v) is 8.36. The number of amides is 2. The highest BCUT2D eigenvalue weighted by Gasteiger charge is 2.64. The Morgan fingerprint density at radius 2 is 1.81 bits per heavy atom. The van der Waals surface area contributed by atoms with Crippen molar-refractivity contribution in [1.29, 1.82) is 0 Å². The van der Waals surface area contributed by atoms with Crippen molar-refractivity contribution in [3.05, 3.63) is 0 Å². The third-order valence-corrected chi connectivity index (χ3v) is 2.28. The minimum Gasteiger partial charge on any atom is -0.347 e. The number of carbonyl (C=O) groups is 2. The number of hydrogen-bond donors (Lipinski definition) is 3. The lowest BCUT2D eigenvalue weighted by Crippen LogP contribution is -2.52. The summed E-state index contributed by atoms with van der Waals surface area (Å²) < 4.78 is 37.2. The number of carbonyl (C=O) groups excluding carboxylic acids is 2. The molecule has 2 amide bonds. The fourth-order valence-electron chi connectivity index (χ4n) is 1.14. The Hall–Kier alpha value is -1.31. The van der Waals surface area contributed by atoms with E-state index in [1.165, 1.54) is 0 Å². The highest BCUT2D eigenvalue weighted by Crippen LogP contribution is 2.48. The molecule has 0 radical (unpaired) electrons. The van der Waals surface area contributed by atoms with Gasteiger partial charge < -0.3 is 16.4 Å². The SMILES string of the molecule is NCCNC(=O)C(=O)NC1(C(F)(F)F)CC1. The molecule has 8 heteroatoms. The summed E-state index contributed by atoms with van der Waals surface area (Å²) in [5, 5.41) is 3.79. The van der Waals surface area contributed by atoms with E-state index >= 15 is 0 Å². The highest BCUT2D eigenvalue weighted by atomic mass is 19.4. The number of halogens is 3. The summed E-state index contributed by atoms with van der Waals surface area (Å²) >= 11 is 0. The first-order valence-electron chi connectivity index (χ1n) is 4.69. The van der Waals surface area contributed by atoms with Gasteiger partial charge in [-0.1, -0.05) is 0 Å². The second kappa shape index (κ2) is 4.28. The summed E-state index contributed by atoms with van der Waals surface area (Å²) in [6, 6.07) is 0. The maximum absolute atomic E-state index is 12.4. The van der Waals surface area contributed by atoms with Gasteiger partial charge in [-0.2, -0.15) is 13.2 Å². The molecule has 0 heterocycles. The van der Waals surface area contributed by atoms with Crippen LogP contribution in [0.25, 0.3) is 0 Å². The fourth-order valence-corrected chi connectivity index (χ4v) is 1.14. The minimum absolute atomic E-state index is 0.0469. The van der Waals surface area contributed by atoms with Gasteiger partial charge in [0.05, 0.1) is 0 Å². The maximum atomic E-state index is 12.4. The highest BCUT2D eigenvalue weighted by molar-refractivity contribution is 6.35. The monoisotopic (exact) mass is 239 g/mol. The summed E-state index contributed by atoms with van der Waals surface area (Å²) in [6.45, 7) is 0.161. The molecule has 1 aliphatic rings. The van der Waals surface area contributed by atoms with Crippen molar-refractivity contribution < 1.29 is 22.8 Å². The van der Waals surface area contributed by atoms with Gasteiger partial charge in [-0.05, 0) is 12.8 Å². The molecule has 0 bridgehead atoms. The molecule has 0 aromatic heterocycles. The zero-order chi connectivity index (χ0) is 12.4. The van der Waals surface area contributed by atoms with Gasteiger partial charge >= 0.3 is 18.0 Å². The number of nitrogens with one attached hydrogen (secondary N) is 2. The van der Waals surface area contributed by atoms with Crippen LogP contribution in [-0.2, 0) is 9.59 Å². The number of alkyl halides is 3. The van der Waals surface area contributed by atoms with Gasteiger partial charge in [0.1, 0.15) is 5.54 Å². The third-order valence-electron chi connectivity index (χ3n) is 2.28. The summed E-state index contributed by atoms with van der Waals surface area (Å²) in [4.78, 5) is 22.1. The number of hydrogen-bond acceptors (Lipinski definition) is 3. The smallest absolute Gasteiger partial charge is 0.347 e. The van der Waals surface area contributed by atoms with E-state index in [0.29, 0.717) is 0 Å². The first kappa shape index (κ1) is 12.8. The molecule has 0 aromatic rings. The molecular weight excluding hydrogens is 227 g/mol. The lowest BCUT2D eigenvalue weighted by atomic mass is 10.2. The lowest BCUT2D eigenvalue weighted by molar-refractivity contribution is -0.171. The molecule has 0 saturated heterocycles. The van der Waals surface area contributed by atoms with Crippen molar-refractivity contribution in [3.8, 4) is 0 Å². The molecule has 1 aliphatic carbocycles. The molecule has 0 spiro atoms. The van der Waals surface area contributed by atoms with E-state index in [4.69, 9.17) is 5.73 Å². The quantitative estimate of drug-likeness (QED) is 0.568. The summed E-state index contributed by atoms with van der Waals surface area (Å²) in [5.41, 5.74) is 2.86. The van der Waals surface area contributed by atoms with Crippen molar-refractivity contribution in [3.63, 3.8) is 0 Å². The molecule has 0 aliphatic heterocycles. The summed E-state index contributed by atoms with van der Waals surface area (Å²) in [5.74, 6) is -2.37. The Bertz CT molecular complexity index is 299. The van der Waals surface area contributed by atoms with Crippen LogP contribution in [0.15, 0.2) is 0 Å². The zero-order valence-electron chi connectivity index (χ0n) is 8.36. The maximum Gasteiger partial charge on any atom is 0.411 e. The molecule has 4 N–H and O–H groups in total. The Labute approximate surface area is 89.5 Å². The molecule has 16 heavy (non-hydrogen) atoms. The molecule has 1 saturated carbocycles. The summed E-state index contributed by atoms with van der Waals surface area (Å²) in [7, 11) is 0. The van der Waals surface area contributed by atoms with Crippen molar-refractivity contribution >= 4 is 11.8 Å². The average molecular weight is 239 g/mol. The second-order valence-corrected chi connectivity index (χ2v) is 3.58. The van der Waals surface area contributed by atoms with Crippen LogP contribution >= 0.6 is 0 Å². The first-order valence-corrected chi connectivity index (χ1v) is 4.69. The molecule has 1 fully saturated rings. The van der Waals surface area contributed by atoms with Gasteiger partial charge in [-0.3, -0.25) is 9.59 Å². The molecule has 0 aromatic carbocycles. The van der Waals surface area contributed by atoms with Crippen LogP contribution in [0.3, 0.4) is 0 Å². The Balaban J connectivity index is 2.49. The van der Waals surface area contributed by atoms with Crippen LogP contribution < -0.4 is 16.4 Å². The van der Waals surface area contributed by atoms with Gasteiger partial charge in [0.15, 0.2) is 0 Å². The topological polar surface area (TPSA) is 84.2 Å². The van der Waals surface area contributed by atoms with Crippen LogP contribution in [0.4, 0.5) is 13.2 Å². The van der Waals surface area contributed by atoms with E-state index in [1.54, 1.807) is 5.32 Å². The predicted molar refractivity (Wildman–Crippen MR) is 48.2 cm³/mol. The normalized spacial score (nSPS) is 17.8. The fraction of sp³-hybridized carbons (Fsp3) is 0.750. The Morgan fingerprint density at radius 1 is 1.25 bits per heavy atom. The molecule has 5 nitrogen and oxygen atoms in total. The van der Waals surface area contributed by atoms with Gasteiger partial charge in [-0.15, -0.1) is 0 Å². The van der Waals surface area contributed by atoms with Crippen molar-refractivity contribution in [2.45, 2.75) is 24.6 Å². The van der Waals surface area contributed by atoms with E-state index in [-0.39, 0.29) is 25.9 Å².